The third-order valence-electron chi connectivity index (χ3n) is 1.99. The summed E-state index contributed by atoms with van der Waals surface area (Å²) in [5.74, 6) is -7.86. The number of Topliss-reactive ketones (excluding diaryl/α,β-unsaturated/α-hetero) is 1. The molecular weight excluding hydrogens is 311 g/mol. The van der Waals surface area contributed by atoms with Crippen molar-refractivity contribution in [1.82, 2.24) is 0 Å². The fraction of sp³-hybridized carbons (Fsp3) is 0.600. The van der Waals surface area contributed by atoms with Gasteiger partial charge in [0.15, 0.2) is 5.78 Å². The summed E-state index contributed by atoms with van der Waals surface area (Å²) in [6, 6.07) is 0. The smallest absolute Gasteiger partial charge is 0.409 e. The number of alkyl halides is 5. The number of hydrogen-bond acceptors (Lipinski definition) is 5. The Morgan fingerprint density at radius 2 is 1.60 bits per heavy atom. The molecule has 116 valence electrons. The molecule has 0 amide bonds. The van der Waals surface area contributed by atoms with E-state index in [9.17, 15) is 31.5 Å². The van der Waals surface area contributed by atoms with Crippen LogP contribution in [0.3, 0.4) is 0 Å². The molecule has 0 aromatic heterocycles. The summed E-state index contributed by atoms with van der Waals surface area (Å²) in [6.07, 6.45) is -5.57. The number of carbonyl (C=O) groups is 2. The first-order valence-corrected chi connectivity index (χ1v) is 5.78. The monoisotopic (exact) mass is 322 g/mol. The van der Waals surface area contributed by atoms with Crippen LogP contribution in [0.2, 0.25) is 0 Å². The Labute approximate surface area is 115 Å². The lowest BCUT2D eigenvalue weighted by Crippen LogP contribution is -2.44. The van der Waals surface area contributed by atoms with Gasteiger partial charge in [0.05, 0.1) is 12.0 Å². The van der Waals surface area contributed by atoms with Gasteiger partial charge in [-0.05, 0) is 25.6 Å². The highest BCUT2D eigenvalue weighted by molar-refractivity contribution is 8.05. The Balaban J connectivity index is 5.62. The summed E-state index contributed by atoms with van der Waals surface area (Å²) in [7, 11) is 0.529. The minimum atomic E-state index is -5.57. The lowest BCUT2D eigenvalue weighted by atomic mass is 10.1. The average Bonchev–Trinajstić information content (AvgIpc) is 2.22. The summed E-state index contributed by atoms with van der Waals surface area (Å²) >= 11 is -0.832. The van der Waals surface area contributed by atoms with Crippen LogP contribution in [0.5, 0.6) is 0 Å². The summed E-state index contributed by atoms with van der Waals surface area (Å²) < 4.78 is 68.6. The number of methoxy groups -OCH3 is 1. The van der Waals surface area contributed by atoms with Crippen LogP contribution in [0.1, 0.15) is 13.8 Å². The van der Waals surface area contributed by atoms with E-state index in [0.29, 0.717) is 7.11 Å². The van der Waals surface area contributed by atoms with Crippen LogP contribution in [-0.4, -0.2) is 35.4 Å². The van der Waals surface area contributed by atoms with Gasteiger partial charge in [-0.2, -0.15) is 22.0 Å². The molecule has 0 saturated heterocycles. The molecule has 0 spiro atoms. The normalized spacial score (nSPS) is 15.4. The van der Waals surface area contributed by atoms with Crippen LogP contribution in [0, 0.1) is 5.92 Å². The number of hydrogen-bond donors (Lipinski definition) is 1. The molecule has 0 rings (SSSR count). The summed E-state index contributed by atoms with van der Waals surface area (Å²) in [6.45, 7) is 1.65. The van der Waals surface area contributed by atoms with Gasteiger partial charge < -0.3 is 9.84 Å². The van der Waals surface area contributed by atoms with Crippen LogP contribution in [0.4, 0.5) is 22.0 Å². The van der Waals surface area contributed by atoms with Gasteiger partial charge in [0.2, 0.25) is 5.92 Å². The van der Waals surface area contributed by atoms with Crippen molar-refractivity contribution in [2.24, 2.45) is 5.92 Å². The number of halogens is 5. The second kappa shape index (κ2) is 6.42. The molecule has 0 aliphatic heterocycles. The fourth-order valence-electron chi connectivity index (χ4n) is 1.17. The fourth-order valence-corrected chi connectivity index (χ4v) is 2.09. The van der Waals surface area contributed by atoms with Crippen LogP contribution in [0.15, 0.2) is 10.7 Å². The first-order valence-electron chi connectivity index (χ1n) is 4.96. The second-order valence-corrected chi connectivity index (χ2v) is 4.79. The maximum atomic E-state index is 13.6. The zero-order chi connectivity index (χ0) is 16.3. The van der Waals surface area contributed by atoms with Gasteiger partial charge in [-0.25, -0.2) is 0 Å². The van der Waals surface area contributed by atoms with Gasteiger partial charge in [-0.3, -0.25) is 9.59 Å². The topological polar surface area (TPSA) is 63.6 Å². The van der Waals surface area contributed by atoms with E-state index in [1.807, 2.05) is 0 Å². The molecule has 1 atom stereocenters. The van der Waals surface area contributed by atoms with E-state index in [0.717, 1.165) is 13.8 Å². The molecule has 0 radical (unpaired) electrons. The molecular formula is C10H11F5O4S. The summed E-state index contributed by atoms with van der Waals surface area (Å²) in [4.78, 5) is 21.0. The number of ketones is 1. The van der Waals surface area contributed by atoms with E-state index < -0.39 is 51.5 Å². The predicted octanol–water partition coefficient (Wildman–Crippen LogP) is 3.04. The number of aliphatic hydroxyl groups is 1. The van der Waals surface area contributed by atoms with E-state index in [4.69, 9.17) is 5.11 Å². The van der Waals surface area contributed by atoms with Gasteiger partial charge in [-0.15, -0.1) is 0 Å². The highest BCUT2D eigenvalue weighted by Crippen LogP contribution is 2.48. The zero-order valence-electron chi connectivity index (χ0n) is 10.5. The van der Waals surface area contributed by atoms with Crippen molar-refractivity contribution in [2.75, 3.05) is 7.11 Å². The van der Waals surface area contributed by atoms with Crippen LogP contribution in [-0.2, 0) is 14.3 Å². The Bertz CT molecular complexity index is 426. The second-order valence-electron chi connectivity index (χ2n) is 3.63. The van der Waals surface area contributed by atoms with Crippen molar-refractivity contribution in [2.45, 2.75) is 25.3 Å². The minimum Gasteiger partial charge on any atom is -0.511 e. The van der Waals surface area contributed by atoms with Gasteiger partial charge in [0.25, 0.3) is 0 Å². The Kier molecular flexibility index (Phi) is 6.00. The number of thioether (sulfide) groups is 1. The van der Waals surface area contributed by atoms with Crippen molar-refractivity contribution >= 4 is 23.5 Å². The number of esters is 1. The predicted molar refractivity (Wildman–Crippen MR) is 60.1 cm³/mol. The maximum Gasteiger partial charge on any atom is 0.409 e. The third-order valence-corrected chi connectivity index (χ3v) is 3.28. The SMILES string of the molecule is COC(=O)[C@@H](C(F)(F)F)C(F)(F)S/C(C(C)=O)=C(\C)O. The zero-order valence-corrected chi connectivity index (χ0v) is 11.4. The molecule has 10 heteroatoms. The molecule has 20 heavy (non-hydrogen) atoms. The first kappa shape index (κ1) is 18.7. The Morgan fingerprint density at radius 1 is 1.15 bits per heavy atom. The Morgan fingerprint density at radius 3 is 1.85 bits per heavy atom. The van der Waals surface area contributed by atoms with E-state index in [2.05, 4.69) is 4.74 Å². The largest absolute Gasteiger partial charge is 0.511 e. The molecule has 0 fully saturated rings. The van der Waals surface area contributed by atoms with Crippen molar-refractivity contribution in [3.8, 4) is 0 Å². The molecule has 4 nitrogen and oxygen atoms in total. The number of aliphatic hydroxyl groups excluding tert-OH is 1. The number of rotatable bonds is 5. The molecule has 0 saturated carbocycles. The molecule has 1 N–H and O–H groups in total. The van der Waals surface area contributed by atoms with Gasteiger partial charge in [0.1, 0.15) is 5.76 Å². The summed E-state index contributed by atoms with van der Waals surface area (Å²) in [5.41, 5.74) is 0. The van der Waals surface area contributed by atoms with Gasteiger partial charge in [-0.1, -0.05) is 0 Å². The van der Waals surface area contributed by atoms with E-state index >= 15 is 0 Å². The molecule has 0 heterocycles. The minimum absolute atomic E-state index is 0.529. The average molecular weight is 322 g/mol. The highest BCUT2D eigenvalue weighted by Gasteiger charge is 2.62. The quantitative estimate of drug-likeness (QED) is 0.365. The van der Waals surface area contributed by atoms with Crippen LogP contribution >= 0.6 is 11.8 Å². The molecule has 0 unspecified atom stereocenters. The molecule has 0 aromatic rings. The van der Waals surface area contributed by atoms with Crippen LogP contribution in [0.25, 0.3) is 0 Å². The first-order chi connectivity index (χ1) is 8.84. The Hall–Kier alpha value is -1.32. The highest BCUT2D eigenvalue weighted by atomic mass is 32.2. The number of allylic oxidation sites excluding steroid dienone is 2. The lowest BCUT2D eigenvalue weighted by molar-refractivity contribution is -0.224. The van der Waals surface area contributed by atoms with Crippen molar-refractivity contribution < 1.29 is 41.4 Å². The molecule has 0 bridgehead atoms. The third kappa shape index (κ3) is 4.66. The number of ether oxygens (including phenoxy) is 1. The van der Waals surface area contributed by atoms with Crippen molar-refractivity contribution in [3.63, 3.8) is 0 Å². The van der Waals surface area contributed by atoms with Gasteiger partial charge >= 0.3 is 17.4 Å². The van der Waals surface area contributed by atoms with Crippen LogP contribution < -0.4 is 0 Å². The van der Waals surface area contributed by atoms with E-state index in [1.54, 1.807) is 0 Å². The lowest BCUT2D eigenvalue weighted by Gasteiger charge is -2.26. The summed E-state index contributed by atoms with van der Waals surface area (Å²) in [5, 5.41) is 4.32. The maximum absolute atomic E-state index is 13.6. The van der Waals surface area contributed by atoms with Crippen molar-refractivity contribution in [1.29, 1.82) is 0 Å². The van der Waals surface area contributed by atoms with E-state index in [-0.39, 0.29) is 0 Å². The van der Waals surface area contributed by atoms with E-state index in [1.165, 1.54) is 0 Å². The molecule has 0 aromatic carbocycles. The molecule has 0 aliphatic rings. The van der Waals surface area contributed by atoms with Gasteiger partial charge in [0, 0.05) is 0 Å². The molecule has 0 aliphatic carbocycles. The standard InChI is InChI=1S/C10H11F5O4S/c1-4(16)6(5(2)17)20-10(14,15)7(8(18)19-3)9(11,12)13/h7,16H,1-3H3/b6-4+/t7-/m0/s1. The number of carbonyl (C=O) groups excluding carboxylic acids is 2. The van der Waals surface area contributed by atoms with Crippen molar-refractivity contribution in [3.05, 3.63) is 10.7 Å².